The van der Waals surface area contributed by atoms with Gasteiger partial charge < -0.3 is 0 Å². The van der Waals surface area contributed by atoms with Crippen LogP contribution in [0.5, 0.6) is 0 Å². The zero-order valence-corrected chi connectivity index (χ0v) is 28.1. The predicted octanol–water partition coefficient (Wildman–Crippen LogP) is 7.46. The maximum Gasteiger partial charge on any atom is 0.280 e. The van der Waals surface area contributed by atoms with Gasteiger partial charge in [-0.3, -0.25) is 4.79 Å². The van der Waals surface area contributed by atoms with Crippen LogP contribution in [0.3, 0.4) is 0 Å². The largest absolute Gasteiger partial charge is 0.280 e. The van der Waals surface area contributed by atoms with Gasteiger partial charge in [0, 0.05) is 41.1 Å². The number of hydrazone groups is 1. The lowest BCUT2D eigenvalue weighted by Gasteiger charge is -2.18. The Bertz CT molecular complexity index is 2050. The summed E-state index contributed by atoms with van der Waals surface area (Å²) in [6.45, 7) is 6.43. The maximum absolute atomic E-state index is 14.0. The molecule has 0 fully saturated rings. The Labute approximate surface area is 280 Å². The number of carbonyl (C=O) groups excluding carboxylic acids is 1. The van der Waals surface area contributed by atoms with E-state index in [1.54, 1.807) is 34.6 Å². The fourth-order valence-corrected chi connectivity index (χ4v) is 7.69. The molecule has 1 aliphatic heterocycles. The van der Waals surface area contributed by atoms with Crippen molar-refractivity contribution >= 4 is 45.2 Å². The van der Waals surface area contributed by atoms with Gasteiger partial charge in [-0.1, -0.05) is 80.1 Å². The second-order valence-corrected chi connectivity index (χ2v) is 14.0. The van der Waals surface area contributed by atoms with E-state index in [2.05, 4.69) is 31.2 Å². The Morgan fingerprint density at radius 1 is 0.830 bits per heavy atom. The van der Waals surface area contributed by atoms with Crippen LogP contribution in [-0.4, -0.2) is 53.0 Å². The van der Waals surface area contributed by atoms with Gasteiger partial charge >= 0.3 is 0 Å². The molecule has 0 aliphatic carbocycles. The number of anilines is 1. The summed E-state index contributed by atoms with van der Waals surface area (Å²) in [6, 6.07) is 34.1. The number of nitrogens with zero attached hydrogens (tertiary/aromatic N) is 5. The van der Waals surface area contributed by atoms with E-state index < -0.39 is 10.0 Å². The molecule has 5 aromatic rings. The van der Waals surface area contributed by atoms with E-state index in [1.807, 2.05) is 92.9 Å². The quantitative estimate of drug-likeness (QED) is 0.108. The summed E-state index contributed by atoms with van der Waals surface area (Å²) in [4.78, 5) is 15.3. The first-order chi connectivity index (χ1) is 22.8. The molecule has 0 spiro atoms. The molecule has 10 heteroatoms. The number of amides is 1. The van der Waals surface area contributed by atoms with Gasteiger partial charge in [-0.2, -0.15) is 19.5 Å². The highest BCUT2D eigenvalue weighted by Crippen LogP contribution is 2.32. The molecular weight excluding hydrogens is 627 g/mol. The Balaban J connectivity index is 1.46. The molecule has 0 atom stereocenters. The summed E-state index contributed by atoms with van der Waals surface area (Å²) >= 11 is 1.61. The number of carbonyl (C=O) groups is 1. The zero-order chi connectivity index (χ0) is 33.0. The molecule has 6 rings (SSSR count). The second kappa shape index (κ2) is 13.9. The number of sulfonamides is 1. The number of hydrogen-bond donors (Lipinski definition) is 0. The first-order valence-corrected chi connectivity index (χ1v) is 17.8. The third-order valence-electron chi connectivity index (χ3n) is 7.87. The minimum absolute atomic E-state index is 0.190. The molecule has 0 bridgehead atoms. The van der Waals surface area contributed by atoms with Gasteiger partial charge in [0.05, 0.1) is 27.6 Å². The van der Waals surface area contributed by atoms with Crippen LogP contribution in [0.2, 0.25) is 0 Å². The van der Waals surface area contributed by atoms with Gasteiger partial charge in [-0.25, -0.2) is 13.1 Å². The van der Waals surface area contributed by atoms with Crippen molar-refractivity contribution in [2.45, 2.75) is 30.6 Å². The van der Waals surface area contributed by atoms with Crippen LogP contribution in [0.1, 0.15) is 25.0 Å². The summed E-state index contributed by atoms with van der Waals surface area (Å²) in [5.41, 5.74) is 5.61. The highest BCUT2D eigenvalue weighted by molar-refractivity contribution is 8.00. The van der Waals surface area contributed by atoms with Crippen LogP contribution in [0.15, 0.2) is 136 Å². The molecule has 4 aromatic carbocycles. The molecular formula is C37H35N5O3S2. The summed E-state index contributed by atoms with van der Waals surface area (Å²) in [6.07, 6.45) is 3.69. The molecule has 2 heterocycles. The van der Waals surface area contributed by atoms with E-state index in [4.69, 9.17) is 10.2 Å². The van der Waals surface area contributed by atoms with Crippen molar-refractivity contribution in [2.75, 3.05) is 23.9 Å². The van der Waals surface area contributed by atoms with Crippen molar-refractivity contribution in [1.29, 1.82) is 0 Å². The summed E-state index contributed by atoms with van der Waals surface area (Å²) < 4.78 is 30.1. The number of para-hydroxylation sites is 2. The average molecular weight is 662 g/mol. The number of aryl methyl sites for hydroxylation is 1. The summed E-state index contributed by atoms with van der Waals surface area (Å²) in [7, 11) is -3.70. The molecule has 238 valence electrons. The SMILES string of the molecule is CCN(CC)S(=O)(=O)c1cccc(-c2nn(-c3ccccc3)cc2C=C2C(=O)N(c3ccccc3)N=C2CSc2ccc(C)cc2)c1. The fourth-order valence-electron chi connectivity index (χ4n) is 5.34. The molecule has 47 heavy (non-hydrogen) atoms. The van der Waals surface area contributed by atoms with Crippen LogP contribution >= 0.6 is 11.8 Å². The first kappa shape index (κ1) is 32.2. The normalized spacial score (nSPS) is 14.3. The van der Waals surface area contributed by atoms with E-state index in [-0.39, 0.29) is 10.8 Å². The van der Waals surface area contributed by atoms with Gasteiger partial charge in [0.15, 0.2) is 0 Å². The van der Waals surface area contributed by atoms with Gasteiger partial charge in [0.1, 0.15) is 5.69 Å². The third kappa shape index (κ3) is 6.85. The van der Waals surface area contributed by atoms with Crippen LogP contribution in [0.25, 0.3) is 23.0 Å². The van der Waals surface area contributed by atoms with Gasteiger partial charge in [0.25, 0.3) is 5.91 Å². The lowest BCUT2D eigenvalue weighted by molar-refractivity contribution is -0.114. The molecule has 0 N–H and O–H groups in total. The van der Waals surface area contributed by atoms with Crippen LogP contribution in [0.4, 0.5) is 5.69 Å². The Hall–Kier alpha value is -4.77. The highest BCUT2D eigenvalue weighted by atomic mass is 32.2. The number of thioether (sulfide) groups is 1. The summed E-state index contributed by atoms with van der Waals surface area (Å²) in [5.74, 6) is 0.232. The van der Waals surface area contributed by atoms with Crippen molar-refractivity contribution in [3.05, 3.63) is 132 Å². The van der Waals surface area contributed by atoms with Gasteiger partial charge in [0.2, 0.25) is 10.0 Å². The number of hydrogen-bond acceptors (Lipinski definition) is 6. The Morgan fingerprint density at radius 3 is 2.15 bits per heavy atom. The molecule has 0 saturated carbocycles. The van der Waals surface area contributed by atoms with E-state index in [9.17, 15) is 13.2 Å². The van der Waals surface area contributed by atoms with Crippen molar-refractivity contribution in [3.8, 4) is 16.9 Å². The van der Waals surface area contributed by atoms with Crippen molar-refractivity contribution < 1.29 is 13.2 Å². The molecule has 1 amide bonds. The van der Waals surface area contributed by atoms with Crippen molar-refractivity contribution in [2.24, 2.45) is 5.10 Å². The number of aromatic nitrogens is 2. The molecule has 1 aromatic heterocycles. The van der Waals surface area contributed by atoms with Crippen LogP contribution < -0.4 is 5.01 Å². The fraction of sp³-hybridized carbons (Fsp3) is 0.162. The average Bonchev–Trinajstić information content (AvgIpc) is 3.67. The third-order valence-corrected chi connectivity index (χ3v) is 10.9. The second-order valence-electron chi connectivity index (χ2n) is 11.0. The highest BCUT2D eigenvalue weighted by Gasteiger charge is 2.32. The first-order valence-electron chi connectivity index (χ1n) is 15.4. The van der Waals surface area contributed by atoms with Crippen LogP contribution in [0, 0.1) is 6.92 Å². The standard InChI is InChI=1S/C37H35N5O3S2/c1-4-40(5-2)47(44,45)33-18-12-13-28(23-33)36-29(25-41(39-36)30-14-8-6-9-15-30)24-34-35(26-46-32-21-19-27(3)20-22-32)38-42(37(34)43)31-16-10-7-11-17-31/h6-25H,4-5,26H2,1-3H3. The topological polar surface area (TPSA) is 87.9 Å². The molecule has 0 radical (unpaired) electrons. The minimum atomic E-state index is -3.70. The van der Waals surface area contributed by atoms with E-state index in [0.717, 1.165) is 10.6 Å². The molecule has 1 aliphatic rings. The van der Waals surface area contributed by atoms with E-state index >= 15 is 0 Å². The van der Waals surface area contributed by atoms with Crippen molar-refractivity contribution in [3.63, 3.8) is 0 Å². The van der Waals surface area contributed by atoms with Crippen molar-refractivity contribution in [1.82, 2.24) is 14.1 Å². The minimum Gasteiger partial charge on any atom is -0.267 e. The molecule has 0 unspecified atom stereocenters. The van der Waals surface area contributed by atoms with Gasteiger partial charge in [-0.15, -0.1) is 11.8 Å². The lowest BCUT2D eigenvalue weighted by atomic mass is 10.0. The number of benzene rings is 4. The monoisotopic (exact) mass is 661 g/mol. The lowest BCUT2D eigenvalue weighted by Crippen LogP contribution is -2.30. The van der Waals surface area contributed by atoms with E-state index in [1.165, 1.54) is 14.9 Å². The van der Waals surface area contributed by atoms with E-state index in [0.29, 0.717) is 52.6 Å². The molecule has 8 nitrogen and oxygen atoms in total. The Kier molecular flexibility index (Phi) is 9.53. The smallest absolute Gasteiger partial charge is 0.267 e. The summed E-state index contributed by atoms with van der Waals surface area (Å²) in [5, 5.41) is 11.2. The maximum atomic E-state index is 14.0. The Morgan fingerprint density at radius 2 is 1.49 bits per heavy atom. The zero-order valence-electron chi connectivity index (χ0n) is 26.4. The van der Waals surface area contributed by atoms with Crippen LogP contribution in [-0.2, 0) is 14.8 Å². The van der Waals surface area contributed by atoms with Gasteiger partial charge in [-0.05, 0) is 61.5 Å². The molecule has 0 saturated heterocycles. The predicted molar refractivity (Wildman–Crippen MR) is 190 cm³/mol. The number of rotatable bonds is 11.